The first-order valence-corrected chi connectivity index (χ1v) is 7.66. The lowest BCUT2D eigenvalue weighted by molar-refractivity contribution is 0.213. The maximum atomic E-state index is 6.05. The summed E-state index contributed by atoms with van der Waals surface area (Å²) in [4.78, 5) is 0. The molecular formula is C16H25ClN2. The van der Waals surface area contributed by atoms with E-state index in [1.807, 2.05) is 18.2 Å². The molecule has 19 heavy (non-hydrogen) atoms. The summed E-state index contributed by atoms with van der Waals surface area (Å²) in [5.74, 6) is 1.63. The van der Waals surface area contributed by atoms with E-state index in [1.165, 1.54) is 12.8 Å². The summed E-state index contributed by atoms with van der Waals surface area (Å²) in [6.45, 7) is 5.33. The molecule has 1 aliphatic rings. The molecule has 1 aromatic rings. The van der Waals surface area contributed by atoms with Crippen LogP contribution in [0.25, 0.3) is 0 Å². The smallest absolute Gasteiger partial charge is 0.0495 e. The third-order valence-corrected chi connectivity index (χ3v) is 4.79. The Balaban J connectivity index is 2.04. The third kappa shape index (κ3) is 3.64. The van der Waals surface area contributed by atoms with Gasteiger partial charge in [0.1, 0.15) is 0 Å². The van der Waals surface area contributed by atoms with Crippen molar-refractivity contribution < 1.29 is 0 Å². The van der Waals surface area contributed by atoms with Crippen molar-refractivity contribution >= 4 is 17.3 Å². The monoisotopic (exact) mass is 280 g/mol. The molecule has 1 aliphatic carbocycles. The van der Waals surface area contributed by atoms with Gasteiger partial charge in [0.05, 0.1) is 0 Å². The Bertz CT molecular complexity index is 409. The zero-order valence-electron chi connectivity index (χ0n) is 12.0. The largest absolute Gasteiger partial charge is 0.378 e. The number of hydrogen-bond donors (Lipinski definition) is 2. The first-order valence-electron chi connectivity index (χ1n) is 7.28. The number of halogens is 1. The van der Waals surface area contributed by atoms with Gasteiger partial charge in [-0.1, -0.05) is 31.5 Å². The normalized spacial score (nSPS) is 27.5. The van der Waals surface area contributed by atoms with Crippen LogP contribution in [0.15, 0.2) is 24.3 Å². The van der Waals surface area contributed by atoms with Crippen molar-refractivity contribution in [2.45, 2.75) is 45.1 Å². The van der Waals surface area contributed by atoms with Crippen LogP contribution in [-0.4, -0.2) is 12.1 Å². The molecule has 3 heteroatoms. The number of anilines is 1. The predicted octanol–water partition coefficient (Wildman–Crippen LogP) is 4.30. The molecule has 0 spiro atoms. The van der Waals surface area contributed by atoms with Crippen molar-refractivity contribution in [2.75, 3.05) is 11.9 Å². The van der Waals surface area contributed by atoms with Crippen molar-refractivity contribution in [1.29, 1.82) is 0 Å². The molecule has 1 aromatic carbocycles. The Morgan fingerprint density at radius 3 is 2.58 bits per heavy atom. The van der Waals surface area contributed by atoms with Crippen molar-refractivity contribution in [3.8, 4) is 0 Å². The molecule has 2 rings (SSSR count). The molecule has 0 heterocycles. The van der Waals surface area contributed by atoms with Gasteiger partial charge in [-0.2, -0.15) is 0 Å². The summed E-state index contributed by atoms with van der Waals surface area (Å²) in [7, 11) is 0. The summed E-state index contributed by atoms with van der Waals surface area (Å²) in [5.41, 5.74) is 7.19. The molecule has 1 fully saturated rings. The second kappa shape index (κ2) is 6.15. The molecular weight excluding hydrogens is 256 g/mol. The summed E-state index contributed by atoms with van der Waals surface area (Å²) >= 11 is 6.04. The van der Waals surface area contributed by atoms with Gasteiger partial charge in [0, 0.05) is 22.8 Å². The van der Waals surface area contributed by atoms with E-state index in [1.54, 1.807) is 0 Å². The molecule has 0 bridgehead atoms. The number of rotatable bonds is 4. The summed E-state index contributed by atoms with van der Waals surface area (Å²) in [5, 5.41) is 4.41. The van der Waals surface area contributed by atoms with Gasteiger partial charge in [0.2, 0.25) is 0 Å². The van der Waals surface area contributed by atoms with Crippen LogP contribution in [0.3, 0.4) is 0 Å². The van der Waals surface area contributed by atoms with E-state index in [-0.39, 0.29) is 5.54 Å². The van der Waals surface area contributed by atoms with Gasteiger partial charge in [0.15, 0.2) is 0 Å². The fourth-order valence-electron chi connectivity index (χ4n) is 3.11. The van der Waals surface area contributed by atoms with E-state index >= 15 is 0 Å². The highest BCUT2D eigenvalue weighted by Gasteiger charge is 2.34. The van der Waals surface area contributed by atoms with E-state index < -0.39 is 0 Å². The Morgan fingerprint density at radius 2 is 2.05 bits per heavy atom. The minimum absolute atomic E-state index is 0.0517. The van der Waals surface area contributed by atoms with Crippen LogP contribution in [0.1, 0.15) is 39.5 Å². The molecule has 3 N–H and O–H groups in total. The number of nitrogens with two attached hydrogens (primary N) is 1. The van der Waals surface area contributed by atoms with Gasteiger partial charge in [-0.15, -0.1) is 0 Å². The molecule has 0 saturated heterocycles. The van der Waals surface area contributed by atoms with Crippen LogP contribution in [0.2, 0.25) is 5.02 Å². The molecule has 0 unspecified atom stereocenters. The fraction of sp³-hybridized carbons (Fsp3) is 0.625. The molecule has 0 aromatic heterocycles. The fourth-order valence-corrected chi connectivity index (χ4v) is 3.30. The van der Waals surface area contributed by atoms with Crippen LogP contribution in [-0.2, 0) is 0 Å². The van der Waals surface area contributed by atoms with E-state index in [0.29, 0.717) is 6.54 Å². The number of benzene rings is 1. The van der Waals surface area contributed by atoms with Crippen LogP contribution in [0, 0.1) is 11.8 Å². The second-order valence-electron chi connectivity index (χ2n) is 6.20. The molecule has 0 radical (unpaired) electrons. The van der Waals surface area contributed by atoms with E-state index in [9.17, 15) is 0 Å². The zero-order valence-corrected chi connectivity index (χ0v) is 12.7. The summed E-state index contributed by atoms with van der Waals surface area (Å²) in [6, 6.07) is 7.93. The maximum Gasteiger partial charge on any atom is 0.0495 e. The zero-order chi connectivity index (χ0) is 13.9. The van der Waals surface area contributed by atoms with Crippen molar-refractivity contribution in [3.05, 3.63) is 29.3 Å². The lowest BCUT2D eigenvalue weighted by Crippen LogP contribution is -2.48. The minimum atomic E-state index is 0.0517. The average molecular weight is 281 g/mol. The number of hydrogen-bond acceptors (Lipinski definition) is 2. The topological polar surface area (TPSA) is 38.0 Å². The van der Waals surface area contributed by atoms with Gasteiger partial charge in [0.25, 0.3) is 0 Å². The third-order valence-electron chi connectivity index (χ3n) is 4.56. The first-order chi connectivity index (χ1) is 9.04. The van der Waals surface area contributed by atoms with Crippen LogP contribution in [0.5, 0.6) is 0 Å². The van der Waals surface area contributed by atoms with Gasteiger partial charge < -0.3 is 11.1 Å². The highest BCUT2D eigenvalue weighted by atomic mass is 35.5. The summed E-state index contributed by atoms with van der Waals surface area (Å²) in [6.07, 6.45) is 4.84. The molecule has 106 valence electrons. The Hall–Kier alpha value is -0.730. The van der Waals surface area contributed by atoms with E-state index in [4.69, 9.17) is 17.3 Å². The second-order valence-corrected chi connectivity index (χ2v) is 6.64. The average Bonchev–Trinajstić information content (AvgIpc) is 2.39. The van der Waals surface area contributed by atoms with Crippen molar-refractivity contribution in [2.24, 2.45) is 17.6 Å². The van der Waals surface area contributed by atoms with Gasteiger partial charge >= 0.3 is 0 Å². The predicted molar refractivity (Wildman–Crippen MR) is 83.7 cm³/mol. The Kier molecular flexibility index (Phi) is 4.75. The number of nitrogens with one attached hydrogen (secondary N) is 1. The van der Waals surface area contributed by atoms with Crippen LogP contribution >= 0.6 is 11.6 Å². The molecule has 0 atom stereocenters. The van der Waals surface area contributed by atoms with E-state index in [2.05, 4.69) is 25.2 Å². The lowest BCUT2D eigenvalue weighted by atomic mass is 9.72. The van der Waals surface area contributed by atoms with Gasteiger partial charge in [-0.05, 0) is 55.7 Å². The molecule has 2 nitrogen and oxygen atoms in total. The maximum absolute atomic E-state index is 6.05. The Morgan fingerprint density at radius 1 is 1.37 bits per heavy atom. The standard InChI is InChI=1S/C16H25ClN2/c1-12(2)13-6-8-16(11-18,9-7-13)19-15-5-3-4-14(17)10-15/h3-5,10,12-13,19H,6-9,11,18H2,1-2H3. The summed E-state index contributed by atoms with van der Waals surface area (Å²) < 4.78 is 0. The Labute approximate surface area is 121 Å². The SMILES string of the molecule is CC(C)C1CCC(CN)(Nc2cccc(Cl)c2)CC1. The van der Waals surface area contributed by atoms with Crippen LogP contribution < -0.4 is 11.1 Å². The van der Waals surface area contributed by atoms with Crippen LogP contribution in [0.4, 0.5) is 5.69 Å². The quantitative estimate of drug-likeness (QED) is 0.863. The minimum Gasteiger partial charge on any atom is -0.378 e. The molecule has 0 aliphatic heterocycles. The van der Waals surface area contributed by atoms with Crippen molar-refractivity contribution in [3.63, 3.8) is 0 Å². The first kappa shape index (κ1) is 14.7. The highest BCUT2D eigenvalue weighted by molar-refractivity contribution is 6.30. The van der Waals surface area contributed by atoms with Gasteiger partial charge in [-0.25, -0.2) is 0 Å². The van der Waals surface area contributed by atoms with Gasteiger partial charge in [-0.3, -0.25) is 0 Å². The van der Waals surface area contributed by atoms with E-state index in [0.717, 1.165) is 35.4 Å². The lowest BCUT2D eigenvalue weighted by Gasteiger charge is -2.42. The van der Waals surface area contributed by atoms with Crippen molar-refractivity contribution in [1.82, 2.24) is 0 Å². The highest BCUT2D eigenvalue weighted by Crippen LogP contribution is 2.37. The molecule has 0 amide bonds. The molecule has 1 saturated carbocycles.